The van der Waals surface area contributed by atoms with Crippen LogP contribution in [0.2, 0.25) is 0 Å². The van der Waals surface area contributed by atoms with E-state index in [0.717, 1.165) is 29.4 Å². The number of hydrogen-bond acceptors (Lipinski definition) is 3. The Bertz CT molecular complexity index is 538. The number of likely N-dealkylation sites (tertiary alicyclic amines) is 1. The van der Waals surface area contributed by atoms with Crippen molar-refractivity contribution in [1.82, 2.24) is 14.3 Å². The molecule has 1 aliphatic heterocycles. The average Bonchev–Trinajstić information content (AvgIpc) is 2.77. The molecule has 0 saturated carbocycles. The number of pyridine rings is 1. The summed E-state index contributed by atoms with van der Waals surface area (Å²) in [7, 11) is 2.20. The van der Waals surface area contributed by atoms with Gasteiger partial charge in [0.15, 0.2) is 0 Å². The molecular formula is C14H20N4. The van der Waals surface area contributed by atoms with Crippen LogP contribution in [0.1, 0.15) is 18.7 Å². The second-order valence-electron chi connectivity index (χ2n) is 5.34. The van der Waals surface area contributed by atoms with Crippen molar-refractivity contribution in [2.75, 3.05) is 25.9 Å². The number of piperidine rings is 1. The van der Waals surface area contributed by atoms with Gasteiger partial charge >= 0.3 is 0 Å². The minimum Gasteiger partial charge on any atom is -0.397 e. The van der Waals surface area contributed by atoms with Gasteiger partial charge in [0.2, 0.25) is 0 Å². The van der Waals surface area contributed by atoms with Crippen LogP contribution in [0.15, 0.2) is 24.5 Å². The van der Waals surface area contributed by atoms with Gasteiger partial charge in [-0.15, -0.1) is 0 Å². The maximum Gasteiger partial charge on any atom is 0.113 e. The molecule has 0 amide bonds. The van der Waals surface area contributed by atoms with E-state index in [4.69, 9.17) is 5.73 Å². The lowest BCUT2D eigenvalue weighted by atomic mass is 9.93. The first-order valence-corrected chi connectivity index (χ1v) is 6.63. The van der Waals surface area contributed by atoms with Crippen LogP contribution in [0.4, 0.5) is 5.69 Å². The summed E-state index contributed by atoms with van der Waals surface area (Å²) in [5, 5.41) is 0. The first kappa shape index (κ1) is 11.5. The lowest BCUT2D eigenvalue weighted by molar-refractivity contribution is 0.217. The molecule has 0 unspecified atom stereocenters. The Hall–Kier alpha value is -1.55. The predicted molar refractivity (Wildman–Crippen MR) is 73.5 cm³/mol. The zero-order valence-corrected chi connectivity index (χ0v) is 10.8. The number of nitrogens with zero attached hydrogens (tertiary/aromatic N) is 3. The molecule has 3 rings (SSSR count). The molecule has 0 radical (unpaired) electrons. The van der Waals surface area contributed by atoms with Crippen LogP contribution in [0, 0.1) is 5.92 Å². The molecule has 0 atom stereocenters. The largest absolute Gasteiger partial charge is 0.397 e. The smallest absolute Gasteiger partial charge is 0.113 e. The molecule has 1 aliphatic rings. The van der Waals surface area contributed by atoms with Gasteiger partial charge in [0, 0.05) is 12.6 Å². The lowest BCUT2D eigenvalue weighted by Gasteiger charge is -2.28. The third kappa shape index (κ3) is 2.08. The Labute approximate surface area is 107 Å². The molecule has 96 valence electrons. The zero-order chi connectivity index (χ0) is 12.5. The number of nitrogen functional groups attached to an aromatic ring is 1. The summed E-state index contributed by atoms with van der Waals surface area (Å²) in [6.07, 6.45) is 7.55. The Balaban J connectivity index is 1.81. The maximum absolute atomic E-state index is 5.95. The highest BCUT2D eigenvalue weighted by Crippen LogP contribution is 2.22. The molecule has 0 bridgehead atoms. The van der Waals surface area contributed by atoms with Gasteiger partial charge in [-0.1, -0.05) is 0 Å². The minimum absolute atomic E-state index is 0.758. The lowest BCUT2D eigenvalue weighted by Crippen LogP contribution is -2.31. The Morgan fingerprint density at radius 3 is 2.94 bits per heavy atom. The molecule has 2 N–H and O–H groups in total. The molecule has 2 aromatic heterocycles. The Morgan fingerprint density at radius 1 is 1.39 bits per heavy atom. The van der Waals surface area contributed by atoms with Crippen LogP contribution in [0.3, 0.4) is 0 Å². The summed E-state index contributed by atoms with van der Waals surface area (Å²) in [5.41, 5.74) is 7.79. The number of fused-ring (bicyclic) bond motifs is 1. The van der Waals surface area contributed by atoms with Crippen LogP contribution in [0.25, 0.3) is 5.52 Å². The second-order valence-corrected chi connectivity index (χ2v) is 5.34. The fraction of sp³-hybridized carbons (Fsp3) is 0.500. The summed E-state index contributed by atoms with van der Waals surface area (Å²) in [4.78, 5) is 6.94. The molecule has 18 heavy (non-hydrogen) atoms. The van der Waals surface area contributed by atoms with Gasteiger partial charge in [-0.05, 0) is 51.0 Å². The van der Waals surface area contributed by atoms with Crippen molar-refractivity contribution in [2.24, 2.45) is 5.92 Å². The third-order valence-electron chi connectivity index (χ3n) is 3.99. The van der Waals surface area contributed by atoms with Crippen molar-refractivity contribution in [3.8, 4) is 0 Å². The minimum atomic E-state index is 0.758. The van der Waals surface area contributed by atoms with E-state index in [0.29, 0.717) is 0 Å². The second kappa shape index (κ2) is 4.61. The zero-order valence-electron chi connectivity index (χ0n) is 10.8. The fourth-order valence-electron chi connectivity index (χ4n) is 2.77. The highest BCUT2D eigenvalue weighted by atomic mass is 15.1. The van der Waals surface area contributed by atoms with Gasteiger partial charge in [-0.2, -0.15) is 0 Å². The topological polar surface area (TPSA) is 46.6 Å². The highest BCUT2D eigenvalue weighted by Gasteiger charge is 2.19. The summed E-state index contributed by atoms with van der Waals surface area (Å²) < 4.78 is 2.13. The molecule has 0 aromatic carbocycles. The highest BCUT2D eigenvalue weighted by molar-refractivity contribution is 5.68. The average molecular weight is 244 g/mol. The van der Waals surface area contributed by atoms with Gasteiger partial charge in [-0.25, -0.2) is 4.98 Å². The van der Waals surface area contributed by atoms with Crippen molar-refractivity contribution in [3.05, 3.63) is 30.4 Å². The van der Waals surface area contributed by atoms with Crippen molar-refractivity contribution in [2.45, 2.75) is 19.3 Å². The fourth-order valence-corrected chi connectivity index (χ4v) is 2.77. The van der Waals surface area contributed by atoms with Crippen LogP contribution >= 0.6 is 0 Å². The van der Waals surface area contributed by atoms with Crippen molar-refractivity contribution in [3.63, 3.8) is 0 Å². The monoisotopic (exact) mass is 244 g/mol. The quantitative estimate of drug-likeness (QED) is 0.876. The third-order valence-corrected chi connectivity index (χ3v) is 3.99. The molecule has 4 nitrogen and oxygen atoms in total. The van der Waals surface area contributed by atoms with Crippen molar-refractivity contribution >= 4 is 11.2 Å². The van der Waals surface area contributed by atoms with Gasteiger partial charge < -0.3 is 15.0 Å². The molecule has 4 heteroatoms. The Morgan fingerprint density at radius 2 is 2.17 bits per heavy atom. The van der Waals surface area contributed by atoms with Crippen LogP contribution < -0.4 is 5.73 Å². The standard InChI is InChI=1S/C14H20N4/c1-17-7-4-11(5-8-17)9-14-16-10-13-12(15)3-2-6-18(13)14/h2-3,6,10-11H,4-5,7-9,15H2,1H3. The molecule has 1 saturated heterocycles. The first-order valence-electron chi connectivity index (χ1n) is 6.63. The van der Waals surface area contributed by atoms with Gasteiger partial charge in [0.05, 0.1) is 17.4 Å². The van der Waals surface area contributed by atoms with E-state index >= 15 is 0 Å². The number of rotatable bonds is 2. The number of imidazole rings is 1. The summed E-state index contributed by atoms with van der Waals surface area (Å²) in [6.45, 7) is 2.41. The van der Waals surface area contributed by atoms with E-state index in [1.807, 2.05) is 18.3 Å². The van der Waals surface area contributed by atoms with Crippen LogP contribution in [0.5, 0.6) is 0 Å². The van der Waals surface area contributed by atoms with Crippen LogP contribution in [-0.2, 0) is 6.42 Å². The molecule has 3 heterocycles. The number of aromatic nitrogens is 2. The van der Waals surface area contributed by atoms with Gasteiger partial charge in [-0.3, -0.25) is 0 Å². The predicted octanol–water partition coefficient (Wildman–Crippen LogP) is 1.80. The van der Waals surface area contributed by atoms with E-state index in [1.54, 1.807) is 0 Å². The first-order chi connectivity index (χ1) is 8.74. The van der Waals surface area contributed by atoms with Gasteiger partial charge in [0.1, 0.15) is 5.82 Å². The van der Waals surface area contributed by atoms with E-state index in [-0.39, 0.29) is 0 Å². The summed E-state index contributed by atoms with van der Waals surface area (Å²) >= 11 is 0. The molecular weight excluding hydrogens is 224 g/mol. The van der Waals surface area contributed by atoms with E-state index in [1.165, 1.54) is 25.9 Å². The SMILES string of the molecule is CN1CCC(Cc2ncc3c(N)cccn23)CC1. The summed E-state index contributed by atoms with van der Waals surface area (Å²) in [5.74, 6) is 1.90. The maximum atomic E-state index is 5.95. The normalized spacial score (nSPS) is 18.5. The van der Waals surface area contributed by atoms with Crippen molar-refractivity contribution in [1.29, 1.82) is 0 Å². The van der Waals surface area contributed by atoms with Crippen molar-refractivity contribution < 1.29 is 0 Å². The van der Waals surface area contributed by atoms with E-state index in [9.17, 15) is 0 Å². The van der Waals surface area contributed by atoms with E-state index < -0.39 is 0 Å². The Kier molecular flexibility index (Phi) is 2.96. The number of nitrogens with two attached hydrogens (primary N) is 1. The molecule has 2 aromatic rings. The molecule has 1 fully saturated rings. The van der Waals surface area contributed by atoms with Crippen LogP contribution in [-0.4, -0.2) is 34.4 Å². The molecule has 0 spiro atoms. The summed E-state index contributed by atoms with van der Waals surface area (Å²) in [6, 6.07) is 3.92. The molecule has 0 aliphatic carbocycles. The van der Waals surface area contributed by atoms with E-state index in [2.05, 4.69) is 27.5 Å². The number of hydrogen-bond donors (Lipinski definition) is 1. The van der Waals surface area contributed by atoms with Gasteiger partial charge in [0.25, 0.3) is 0 Å². The number of anilines is 1.